The third kappa shape index (κ3) is 7.94. The van der Waals surface area contributed by atoms with Crippen molar-refractivity contribution in [1.82, 2.24) is 0 Å². The Morgan fingerprint density at radius 1 is 1.24 bits per heavy atom. The lowest BCUT2D eigenvalue weighted by Gasteiger charge is -2.14. The fourth-order valence-electron chi connectivity index (χ4n) is 2.00. The molecular weight excluding hydrogens is 216 g/mol. The quantitative estimate of drug-likeness (QED) is 0.335. The SMILES string of the molecule is CCCCCCCC(C=O)CC(C)C(=O)OC. The first-order valence-corrected chi connectivity index (χ1v) is 6.68. The molecule has 0 spiro atoms. The Morgan fingerprint density at radius 2 is 1.88 bits per heavy atom. The van der Waals surface area contributed by atoms with Crippen LogP contribution in [0.5, 0.6) is 0 Å². The smallest absolute Gasteiger partial charge is 0.308 e. The molecular formula is C14H26O3. The highest BCUT2D eigenvalue weighted by atomic mass is 16.5. The molecule has 0 aliphatic heterocycles. The summed E-state index contributed by atoms with van der Waals surface area (Å²) >= 11 is 0. The molecule has 17 heavy (non-hydrogen) atoms. The van der Waals surface area contributed by atoms with Gasteiger partial charge in [-0.2, -0.15) is 0 Å². The topological polar surface area (TPSA) is 43.4 Å². The largest absolute Gasteiger partial charge is 0.469 e. The summed E-state index contributed by atoms with van der Waals surface area (Å²) in [6.45, 7) is 4.01. The number of methoxy groups -OCH3 is 1. The zero-order valence-electron chi connectivity index (χ0n) is 11.4. The van der Waals surface area contributed by atoms with Crippen LogP contribution in [-0.4, -0.2) is 19.4 Å². The van der Waals surface area contributed by atoms with Crippen LogP contribution < -0.4 is 0 Å². The molecule has 3 heteroatoms. The first kappa shape index (κ1) is 16.1. The van der Waals surface area contributed by atoms with Crippen molar-refractivity contribution in [3.05, 3.63) is 0 Å². The highest BCUT2D eigenvalue weighted by Crippen LogP contribution is 2.18. The van der Waals surface area contributed by atoms with Crippen molar-refractivity contribution in [2.75, 3.05) is 7.11 Å². The molecule has 0 aromatic heterocycles. The lowest BCUT2D eigenvalue weighted by atomic mass is 9.92. The van der Waals surface area contributed by atoms with Crippen LogP contribution in [0.15, 0.2) is 0 Å². The number of hydrogen-bond donors (Lipinski definition) is 0. The molecule has 2 unspecified atom stereocenters. The standard InChI is InChI=1S/C14H26O3/c1-4-5-6-7-8-9-13(11-15)10-12(2)14(16)17-3/h11-13H,4-10H2,1-3H3. The lowest BCUT2D eigenvalue weighted by molar-refractivity contribution is -0.145. The summed E-state index contributed by atoms with van der Waals surface area (Å²) in [5, 5.41) is 0. The van der Waals surface area contributed by atoms with Crippen molar-refractivity contribution in [2.45, 2.75) is 58.8 Å². The zero-order valence-corrected chi connectivity index (χ0v) is 11.4. The van der Waals surface area contributed by atoms with E-state index in [0.29, 0.717) is 6.42 Å². The highest BCUT2D eigenvalue weighted by Gasteiger charge is 2.18. The zero-order chi connectivity index (χ0) is 13.1. The van der Waals surface area contributed by atoms with E-state index in [1.54, 1.807) is 0 Å². The van der Waals surface area contributed by atoms with Crippen LogP contribution in [0.1, 0.15) is 58.8 Å². The fraction of sp³-hybridized carbons (Fsp3) is 0.857. The van der Waals surface area contributed by atoms with Gasteiger partial charge in [-0.25, -0.2) is 0 Å². The molecule has 0 aliphatic carbocycles. The van der Waals surface area contributed by atoms with Gasteiger partial charge in [0.2, 0.25) is 0 Å². The molecule has 0 heterocycles. The second-order valence-electron chi connectivity index (χ2n) is 4.76. The first-order valence-electron chi connectivity index (χ1n) is 6.68. The summed E-state index contributed by atoms with van der Waals surface area (Å²) in [7, 11) is 1.39. The monoisotopic (exact) mass is 242 g/mol. The van der Waals surface area contributed by atoms with Gasteiger partial charge in [-0.05, 0) is 12.8 Å². The Balaban J connectivity index is 3.76. The van der Waals surface area contributed by atoms with Gasteiger partial charge in [0.15, 0.2) is 0 Å². The number of esters is 1. The minimum absolute atomic E-state index is 0.00530. The number of ether oxygens (including phenoxy) is 1. The lowest BCUT2D eigenvalue weighted by Crippen LogP contribution is -2.17. The van der Waals surface area contributed by atoms with Crippen molar-refractivity contribution in [3.8, 4) is 0 Å². The van der Waals surface area contributed by atoms with Crippen LogP contribution >= 0.6 is 0 Å². The molecule has 100 valence electrons. The van der Waals surface area contributed by atoms with E-state index >= 15 is 0 Å². The molecule has 2 atom stereocenters. The summed E-state index contributed by atoms with van der Waals surface area (Å²) in [5.41, 5.74) is 0. The average Bonchev–Trinajstić information content (AvgIpc) is 2.35. The molecule has 0 fully saturated rings. The number of aldehydes is 1. The van der Waals surface area contributed by atoms with E-state index in [9.17, 15) is 9.59 Å². The molecule has 0 radical (unpaired) electrons. The molecule has 0 bridgehead atoms. The first-order chi connectivity index (χ1) is 8.15. The van der Waals surface area contributed by atoms with E-state index < -0.39 is 0 Å². The van der Waals surface area contributed by atoms with Crippen molar-refractivity contribution >= 4 is 12.3 Å². The second-order valence-corrected chi connectivity index (χ2v) is 4.76. The van der Waals surface area contributed by atoms with Gasteiger partial charge in [0.05, 0.1) is 13.0 Å². The Labute approximate surface area is 105 Å². The maximum absolute atomic E-state index is 11.2. The van der Waals surface area contributed by atoms with Gasteiger partial charge in [0, 0.05) is 5.92 Å². The normalized spacial score (nSPS) is 14.1. The third-order valence-electron chi connectivity index (χ3n) is 3.13. The molecule has 0 saturated carbocycles. The Bertz CT molecular complexity index is 214. The molecule has 0 amide bonds. The van der Waals surface area contributed by atoms with E-state index in [4.69, 9.17) is 0 Å². The summed E-state index contributed by atoms with van der Waals surface area (Å²) in [6.07, 6.45) is 8.51. The Kier molecular flexibility index (Phi) is 9.78. The van der Waals surface area contributed by atoms with E-state index in [0.717, 1.165) is 19.1 Å². The molecule has 0 aromatic carbocycles. The minimum atomic E-state index is -0.220. The molecule has 0 rings (SSSR count). The predicted molar refractivity (Wildman–Crippen MR) is 68.7 cm³/mol. The molecule has 0 N–H and O–H groups in total. The number of carbonyl (C=O) groups excluding carboxylic acids is 2. The van der Waals surface area contributed by atoms with Crippen LogP contribution in [-0.2, 0) is 14.3 Å². The number of rotatable bonds is 10. The van der Waals surface area contributed by atoms with Crippen molar-refractivity contribution in [2.24, 2.45) is 11.8 Å². The van der Waals surface area contributed by atoms with Crippen LogP contribution in [0, 0.1) is 11.8 Å². The van der Waals surface area contributed by atoms with E-state index in [2.05, 4.69) is 11.7 Å². The van der Waals surface area contributed by atoms with E-state index in [-0.39, 0.29) is 17.8 Å². The third-order valence-corrected chi connectivity index (χ3v) is 3.13. The van der Waals surface area contributed by atoms with Gasteiger partial charge in [0.1, 0.15) is 6.29 Å². The van der Waals surface area contributed by atoms with Gasteiger partial charge in [-0.3, -0.25) is 4.79 Å². The number of hydrogen-bond acceptors (Lipinski definition) is 3. The maximum atomic E-state index is 11.2. The van der Waals surface area contributed by atoms with Gasteiger partial charge < -0.3 is 9.53 Å². The van der Waals surface area contributed by atoms with Crippen LogP contribution in [0.3, 0.4) is 0 Å². The van der Waals surface area contributed by atoms with Gasteiger partial charge in [-0.1, -0.05) is 46.0 Å². The van der Waals surface area contributed by atoms with Gasteiger partial charge >= 0.3 is 5.97 Å². The minimum Gasteiger partial charge on any atom is -0.469 e. The number of unbranched alkanes of at least 4 members (excludes halogenated alkanes) is 4. The van der Waals surface area contributed by atoms with Crippen LogP contribution in [0.4, 0.5) is 0 Å². The summed E-state index contributed by atoms with van der Waals surface area (Å²) in [5.74, 6) is -0.389. The van der Waals surface area contributed by atoms with Crippen molar-refractivity contribution in [3.63, 3.8) is 0 Å². The Morgan fingerprint density at radius 3 is 2.41 bits per heavy atom. The second kappa shape index (κ2) is 10.3. The van der Waals surface area contributed by atoms with E-state index in [1.807, 2.05) is 6.92 Å². The van der Waals surface area contributed by atoms with Crippen molar-refractivity contribution < 1.29 is 14.3 Å². The van der Waals surface area contributed by atoms with Crippen LogP contribution in [0.2, 0.25) is 0 Å². The summed E-state index contributed by atoms with van der Waals surface area (Å²) < 4.78 is 4.66. The van der Waals surface area contributed by atoms with Crippen LogP contribution in [0.25, 0.3) is 0 Å². The predicted octanol–water partition coefficient (Wildman–Crippen LogP) is 3.36. The fourth-order valence-corrected chi connectivity index (χ4v) is 2.00. The summed E-state index contributed by atoms with van der Waals surface area (Å²) in [6, 6.07) is 0. The number of carbonyl (C=O) groups is 2. The van der Waals surface area contributed by atoms with E-state index in [1.165, 1.54) is 32.8 Å². The van der Waals surface area contributed by atoms with Gasteiger partial charge in [-0.15, -0.1) is 0 Å². The average molecular weight is 242 g/mol. The van der Waals surface area contributed by atoms with Crippen molar-refractivity contribution in [1.29, 1.82) is 0 Å². The molecule has 0 aliphatic rings. The molecule has 0 aromatic rings. The molecule has 0 saturated heterocycles. The Hall–Kier alpha value is -0.860. The maximum Gasteiger partial charge on any atom is 0.308 e. The highest BCUT2D eigenvalue weighted by molar-refractivity contribution is 5.72. The summed E-state index contributed by atoms with van der Waals surface area (Å²) in [4.78, 5) is 22.2. The van der Waals surface area contributed by atoms with Gasteiger partial charge in [0.25, 0.3) is 0 Å². The molecule has 3 nitrogen and oxygen atoms in total.